The molecule has 1 saturated carbocycles. The van der Waals surface area contributed by atoms with Crippen LogP contribution in [-0.2, 0) is 10.7 Å². The van der Waals surface area contributed by atoms with Crippen molar-refractivity contribution in [3.8, 4) is 0 Å². The molecule has 0 bridgehead atoms. The summed E-state index contributed by atoms with van der Waals surface area (Å²) < 4.78 is 0. The van der Waals surface area contributed by atoms with E-state index in [0.29, 0.717) is 5.41 Å². The van der Waals surface area contributed by atoms with Gasteiger partial charge >= 0.3 is 0 Å². The molecule has 1 aliphatic rings. The van der Waals surface area contributed by atoms with Crippen molar-refractivity contribution in [3.63, 3.8) is 0 Å². The monoisotopic (exact) mass is 224 g/mol. The Kier molecular flexibility index (Phi) is 1.99. The van der Waals surface area contributed by atoms with Crippen LogP contribution in [0.25, 0.3) is 0 Å². The van der Waals surface area contributed by atoms with Gasteiger partial charge in [0.1, 0.15) is 0 Å². The fourth-order valence-corrected chi connectivity index (χ4v) is 1.85. The predicted molar refractivity (Wildman–Crippen MR) is 55.7 cm³/mol. The first-order chi connectivity index (χ1) is 5.74. The van der Waals surface area contributed by atoms with Crippen molar-refractivity contribution < 1.29 is 0 Å². The molecule has 12 heavy (non-hydrogen) atoms. The smallest absolute Gasteiger partial charge is 0.0283 e. The van der Waals surface area contributed by atoms with Crippen LogP contribution in [0.15, 0.2) is 24.3 Å². The maximum Gasteiger partial charge on any atom is 0.0283 e. The Hall–Kier alpha value is -0.300. The molecular formula is C11H13Br. The quantitative estimate of drug-likeness (QED) is 0.674. The van der Waals surface area contributed by atoms with E-state index in [1.165, 1.54) is 24.0 Å². The number of hydrogen-bond donors (Lipinski definition) is 0. The molecule has 0 heterocycles. The Bertz CT molecular complexity index is 270. The van der Waals surface area contributed by atoms with E-state index < -0.39 is 0 Å². The average molecular weight is 225 g/mol. The maximum atomic E-state index is 3.45. The Balaban J connectivity index is 2.25. The summed E-state index contributed by atoms with van der Waals surface area (Å²) in [4.78, 5) is 0. The van der Waals surface area contributed by atoms with Crippen LogP contribution in [0.5, 0.6) is 0 Å². The van der Waals surface area contributed by atoms with Crippen molar-refractivity contribution in [1.82, 2.24) is 0 Å². The van der Waals surface area contributed by atoms with Crippen LogP contribution in [0.4, 0.5) is 0 Å². The third-order valence-electron chi connectivity index (χ3n) is 2.81. The fourth-order valence-electron chi connectivity index (χ4n) is 1.47. The number of rotatable bonds is 2. The van der Waals surface area contributed by atoms with E-state index in [-0.39, 0.29) is 0 Å². The van der Waals surface area contributed by atoms with Crippen molar-refractivity contribution in [3.05, 3.63) is 35.4 Å². The van der Waals surface area contributed by atoms with E-state index in [0.717, 1.165) is 5.33 Å². The molecule has 0 atom stereocenters. The highest BCUT2D eigenvalue weighted by atomic mass is 79.9. The molecule has 0 spiro atoms. The molecular weight excluding hydrogens is 212 g/mol. The molecule has 1 aromatic rings. The highest BCUT2D eigenvalue weighted by Gasteiger charge is 2.38. The van der Waals surface area contributed by atoms with E-state index in [9.17, 15) is 0 Å². The molecule has 0 aliphatic heterocycles. The number of benzene rings is 1. The van der Waals surface area contributed by atoms with E-state index >= 15 is 0 Å². The van der Waals surface area contributed by atoms with Gasteiger partial charge < -0.3 is 0 Å². The molecule has 0 aromatic heterocycles. The van der Waals surface area contributed by atoms with Crippen LogP contribution in [0.1, 0.15) is 30.9 Å². The van der Waals surface area contributed by atoms with Crippen molar-refractivity contribution >= 4 is 15.9 Å². The lowest BCUT2D eigenvalue weighted by Gasteiger charge is -2.08. The van der Waals surface area contributed by atoms with Gasteiger partial charge in [0, 0.05) is 5.33 Å². The molecule has 0 radical (unpaired) electrons. The third-order valence-corrected chi connectivity index (χ3v) is 3.45. The topological polar surface area (TPSA) is 0 Å². The third kappa shape index (κ3) is 1.42. The van der Waals surface area contributed by atoms with E-state index in [2.05, 4.69) is 47.1 Å². The van der Waals surface area contributed by atoms with Crippen molar-refractivity contribution in [1.29, 1.82) is 0 Å². The zero-order valence-electron chi connectivity index (χ0n) is 7.31. The van der Waals surface area contributed by atoms with Crippen molar-refractivity contribution in [2.24, 2.45) is 0 Å². The highest BCUT2D eigenvalue weighted by Crippen LogP contribution is 2.47. The standard InChI is InChI=1S/C11H13Br/c1-11(6-7-11)10-4-2-9(8-12)3-5-10/h2-5H,6-8H2,1H3. The molecule has 0 amide bonds. The summed E-state index contributed by atoms with van der Waals surface area (Å²) in [7, 11) is 0. The number of halogens is 1. The van der Waals surface area contributed by atoms with Crippen LogP contribution in [-0.4, -0.2) is 0 Å². The van der Waals surface area contributed by atoms with Crippen LogP contribution in [0.3, 0.4) is 0 Å². The molecule has 64 valence electrons. The maximum absolute atomic E-state index is 3.45. The fraction of sp³-hybridized carbons (Fsp3) is 0.455. The van der Waals surface area contributed by atoms with Crippen LogP contribution >= 0.6 is 15.9 Å². The summed E-state index contributed by atoms with van der Waals surface area (Å²) in [6.07, 6.45) is 2.72. The Morgan fingerprint density at radius 3 is 2.25 bits per heavy atom. The normalized spacial score (nSPS) is 19.2. The SMILES string of the molecule is CC1(c2ccc(CBr)cc2)CC1. The Morgan fingerprint density at radius 1 is 1.25 bits per heavy atom. The second kappa shape index (κ2) is 2.88. The van der Waals surface area contributed by atoms with Gasteiger partial charge in [0.25, 0.3) is 0 Å². The molecule has 1 aliphatic carbocycles. The molecule has 0 N–H and O–H groups in total. The lowest BCUT2D eigenvalue weighted by Crippen LogP contribution is -1.98. The molecule has 2 rings (SSSR count). The van der Waals surface area contributed by atoms with Gasteiger partial charge in [0.05, 0.1) is 0 Å². The lowest BCUT2D eigenvalue weighted by atomic mass is 9.98. The number of alkyl halides is 1. The minimum atomic E-state index is 0.519. The van der Waals surface area contributed by atoms with Crippen molar-refractivity contribution in [2.75, 3.05) is 0 Å². The zero-order valence-corrected chi connectivity index (χ0v) is 8.89. The molecule has 0 saturated heterocycles. The Morgan fingerprint density at radius 2 is 1.83 bits per heavy atom. The summed E-state index contributed by atoms with van der Waals surface area (Å²) in [6.45, 7) is 2.34. The minimum absolute atomic E-state index is 0.519. The molecule has 0 unspecified atom stereocenters. The van der Waals surface area contributed by atoms with E-state index in [4.69, 9.17) is 0 Å². The first-order valence-corrected chi connectivity index (χ1v) is 5.52. The molecule has 1 heteroatoms. The van der Waals surface area contributed by atoms with Gasteiger partial charge in [-0.3, -0.25) is 0 Å². The van der Waals surface area contributed by atoms with Crippen molar-refractivity contribution in [2.45, 2.75) is 30.5 Å². The average Bonchev–Trinajstić information content (AvgIpc) is 2.85. The summed E-state index contributed by atoms with van der Waals surface area (Å²) >= 11 is 3.45. The van der Waals surface area contributed by atoms with Gasteiger partial charge in [-0.2, -0.15) is 0 Å². The molecule has 1 aromatic carbocycles. The Labute approximate surface area is 82.1 Å². The second-order valence-corrected chi connectivity index (χ2v) is 4.45. The number of hydrogen-bond acceptors (Lipinski definition) is 0. The first kappa shape index (κ1) is 8.31. The van der Waals surface area contributed by atoms with Gasteiger partial charge in [-0.15, -0.1) is 0 Å². The summed E-state index contributed by atoms with van der Waals surface area (Å²) in [5.74, 6) is 0. The summed E-state index contributed by atoms with van der Waals surface area (Å²) in [6, 6.07) is 8.97. The van der Waals surface area contributed by atoms with Gasteiger partial charge in [-0.25, -0.2) is 0 Å². The van der Waals surface area contributed by atoms with Crippen LogP contribution in [0, 0.1) is 0 Å². The first-order valence-electron chi connectivity index (χ1n) is 4.40. The van der Waals surface area contributed by atoms with Gasteiger partial charge in [0.15, 0.2) is 0 Å². The minimum Gasteiger partial charge on any atom is -0.0876 e. The predicted octanol–water partition coefficient (Wildman–Crippen LogP) is 3.63. The van der Waals surface area contributed by atoms with Gasteiger partial charge in [0.2, 0.25) is 0 Å². The highest BCUT2D eigenvalue weighted by molar-refractivity contribution is 9.08. The molecule has 0 nitrogen and oxygen atoms in total. The largest absolute Gasteiger partial charge is 0.0876 e. The lowest BCUT2D eigenvalue weighted by molar-refractivity contribution is 0.787. The van der Waals surface area contributed by atoms with Crippen LogP contribution in [0.2, 0.25) is 0 Å². The zero-order chi connectivity index (χ0) is 8.60. The summed E-state index contributed by atoms with van der Waals surface area (Å²) in [5, 5.41) is 0.962. The van der Waals surface area contributed by atoms with E-state index in [1.807, 2.05) is 0 Å². The van der Waals surface area contributed by atoms with Gasteiger partial charge in [-0.1, -0.05) is 47.1 Å². The van der Waals surface area contributed by atoms with Gasteiger partial charge in [-0.05, 0) is 29.4 Å². The summed E-state index contributed by atoms with van der Waals surface area (Å²) in [5.41, 5.74) is 3.39. The van der Waals surface area contributed by atoms with Crippen LogP contribution < -0.4 is 0 Å². The molecule has 1 fully saturated rings. The second-order valence-electron chi connectivity index (χ2n) is 3.89. The van der Waals surface area contributed by atoms with E-state index in [1.54, 1.807) is 0 Å².